The number of imide groups is 1. The molecule has 0 atom stereocenters. The summed E-state index contributed by atoms with van der Waals surface area (Å²) in [4.78, 5) is 23.0. The number of rotatable bonds is 7. The fourth-order valence-corrected chi connectivity index (χ4v) is 1.78. The zero-order chi connectivity index (χ0) is 16.8. The second kappa shape index (κ2) is 7.61. The van der Waals surface area contributed by atoms with E-state index in [2.05, 4.69) is 20.7 Å². The summed E-state index contributed by atoms with van der Waals surface area (Å²) >= 11 is 0. The van der Waals surface area contributed by atoms with Gasteiger partial charge in [0, 0.05) is 17.8 Å². The lowest BCUT2D eigenvalue weighted by Crippen LogP contribution is -2.42. The van der Waals surface area contributed by atoms with Crippen molar-refractivity contribution in [1.29, 1.82) is 0 Å². The Morgan fingerprint density at radius 1 is 1.30 bits per heavy atom. The van der Waals surface area contributed by atoms with Crippen LogP contribution in [0.1, 0.15) is 12.8 Å². The van der Waals surface area contributed by atoms with Crippen molar-refractivity contribution in [3.63, 3.8) is 0 Å². The molecule has 1 aliphatic carbocycles. The van der Waals surface area contributed by atoms with Gasteiger partial charge < -0.3 is 20.1 Å². The highest BCUT2D eigenvalue weighted by Gasteiger charge is 2.23. The molecule has 2 rings (SSSR count). The molecule has 0 aliphatic heterocycles. The first-order chi connectivity index (χ1) is 11.0. The van der Waals surface area contributed by atoms with Crippen LogP contribution in [0, 0.1) is 0 Å². The molecule has 1 aromatic carbocycles. The van der Waals surface area contributed by atoms with E-state index in [1.54, 1.807) is 0 Å². The standard InChI is InChI=1S/C14H17F2N3O4/c1-22-10-5-4-9(6-11(10)23-13(15)16)17-7-12(20)19-14(21)18-8-2-3-8/h4-6,8,13,17H,2-3,7H2,1H3,(H2,18,19,20,21). The summed E-state index contributed by atoms with van der Waals surface area (Å²) in [5.74, 6) is -0.557. The topological polar surface area (TPSA) is 88.7 Å². The van der Waals surface area contributed by atoms with Crippen molar-refractivity contribution in [3.05, 3.63) is 18.2 Å². The Labute approximate surface area is 131 Å². The monoisotopic (exact) mass is 329 g/mol. The molecule has 3 amide bonds. The minimum Gasteiger partial charge on any atom is -0.493 e. The van der Waals surface area contributed by atoms with E-state index in [0.29, 0.717) is 5.69 Å². The molecule has 0 aromatic heterocycles. The summed E-state index contributed by atoms with van der Waals surface area (Å²) in [5, 5.41) is 7.48. The van der Waals surface area contributed by atoms with Gasteiger partial charge in [0.1, 0.15) is 0 Å². The van der Waals surface area contributed by atoms with E-state index in [0.717, 1.165) is 12.8 Å². The van der Waals surface area contributed by atoms with Crippen LogP contribution in [-0.2, 0) is 4.79 Å². The van der Waals surface area contributed by atoms with Gasteiger partial charge in [0.05, 0.1) is 13.7 Å². The highest BCUT2D eigenvalue weighted by molar-refractivity contribution is 5.96. The van der Waals surface area contributed by atoms with Crippen LogP contribution < -0.4 is 25.4 Å². The van der Waals surface area contributed by atoms with E-state index in [1.807, 2.05) is 0 Å². The number of amides is 3. The van der Waals surface area contributed by atoms with Gasteiger partial charge in [-0.3, -0.25) is 10.1 Å². The Balaban J connectivity index is 1.86. The molecular formula is C14H17F2N3O4. The number of anilines is 1. The van der Waals surface area contributed by atoms with E-state index >= 15 is 0 Å². The van der Waals surface area contributed by atoms with Gasteiger partial charge in [-0.1, -0.05) is 0 Å². The Morgan fingerprint density at radius 3 is 2.65 bits per heavy atom. The molecule has 23 heavy (non-hydrogen) atoms. The highest BCUT2D eigenvalue weighted by Crippen LogP contribution is 2.31. The van der Waals surface area contributed by atoms with E-state index in [-0.39, 0.29) is 24.1 Å². The predicted molar refractivity (Wildman–Crippen MR) is 77.8 cm³/mol. The summed E-state index contributed by atoms with van der Waals surface area (Å²) in [7, 11) is 1.33. The molecule has 0 bridgehead atoms. The average molecular weight is 329 g/mol. The fraction of sp³-hybridized carbons (Fsp3) is 0.429. The predicted octanol–water partition coefficient (Wildman–Crippen LogP) is 1.70. The van der Waals surface area contributed by atoms with Crippen LogP contribution in [0.15, 0.2) is 18.2 Å². The quantitative estimate of drug-likeness (QED) is 0.708. The zero-order valence-electron chi connectivity index (χ0n) is 12.4. The Kier molecular flexibility index (Phi) is 5.56. The number of methoxy groups -OCH3 is 1. The maximum atomic E-state index is 12.3. The maximum Gasteiger partial charge on any atom is 0.387 e. The number of carbonyl (C=O) groups is 2. The molecule has 1 fully saturated rings. The molecule has 7 nitrogen and oxygen atoms in total. The van der Waals surface area contributed by atoms with E-state index in [4.69, 9.17) is 4.74 Å². The van der Waals surface area contributed by atoms with Crippen molar-refractivity contribution in [2.24, 2.45) is 0 Å². The van der Waals surface area contributed by atoms with Crippen LogP contribution in [-0.4, -0.2) is 38.2 Å². The molecular weight excluding hydrogens is 312 g/mol. The maximum absolute atomic E-state index is 12.3. The van der Waals surface area contributed by atoms with Crippen molar-refractivity contribution in [2.45, 2.75) is 25.5 Å². The molecule has 1 saturated carbocycles. The molecule has 126 valence electrons. The second-order valence-electron chi connectivity index (χ2n) is 4.89. The van der Waals surface area contributed by atoms with Crippen molar-refractivity contribution < 1.29 is 27.8 Å². The van der Waals surface area contributed by atoms with Crippen molar-refractivity contribution in [2.75, 3.05) is 19.0 Å². The van der Waals surface area contributed by atoms with E-state index in [9.17, 15) is 18.4 Å². The third-order valence-corrected chi connectivity index (χ3v) is 3.00. The minimum absolute atomic E-state index is 0.143. The van der Waals surface area contributed by atoms with Gasteiger partial charge in [0.15, 0.2) is 11.5 Å². The van der Waals surface area contributed by atoms with Gasteiger partial charge >= 0.3 is 12.6 Å². The summed E-state index contributed by atoms with van der Waals surface area (Å²) in [6, 6.07) is 3.84. The summed E-state index contributed by atoms with van der Waals surface area (Å²) in [6.45, 7) is -3.19. The van der Waals surface area contributed by atoms with Crippen LogP contribution in [0.25, 0.3) is 0 Å². The van der Waals surface area contributed by atoms with Crippen molar-refractivity contribution >= 4 is 17.6 Å². The van der Waals surface area contributed by atoms with Crippen LogP contribution in [0.2, 0.25) is 0 Å². The number of carbonyl (C=O) groups excluding carboxylic acids is 2. The summed E-state index contributed by atoms with van der Waals surface area (Å²) in [6.07, 6.45) is 1.83. The number of urea groups is 1. The molecule has 0 unspecified atom stereocenters. The van der Waals surface area contributed by atoms with Gasteiger partial charge in [-0.05, 0) is 25.0 Å². The molecule has 0 heterocycles. The Bertz CT molecular complexity index is 579. The first kappa shape index (κ1) is 16.8. The number of ether oxygens (including phenoxy) is 2. The highest BCUT2D eigenvalue weighted by atomic mass is 19.3. The molecule has 1 aromatic rings. The molecule has 0 spiro atoms. The lowest BCUT2D eigenvalue weighted by molar-refractivity contribution is -0.118. The molecule has 3 N–H and O–H groups in total. The van der Waals surface area contributed by atoms with Gasteiger partial charge in [0.25, 0.3) is 0 Å². The van der Waals surface area contributed by atoms with Crippen LogP contribution in [0.5, 0.6) is 11.5 Å². The number of hydrogen-bond acceptors (Lipinski definition) is 5. The number of nitrogens with one attached hydrogen (secondary N) is 3. The Hall–Kier alpha value is -2.58. The zero-order valence-corrected chi connectivity index (χ0v) is 12.4. The summed E-state index contributed by atoms with van der Waals surface area (Å²) < 4.78 is 33.9. The van der Waals surface area contributed by atoms with Crippen LogP contribution >= 0.6 is 0 Å². The summed E-state index contributed by atoms with van der Waals surface area (Å²) in [5.41, 5.74) is 0.374. The first-order valence-corrected chi connectivity index (χ1v) is 6.95. The van der Waals surface area contributed by atoms with E-state index < -0.39 is 18.5 Å². The SMILES string of the molecule is COc1ccc(NCC(=O)NC(=O)NC2CC2)cc1OC(F)F. The van der Waals surface area contributed by atoms with Crippen LogP contribution in [0.4, 0.5) is 19.3 Å². The van der Waals surface area contributed by atoms with Gasteiger partial charge in [-0.25, -0.2) is 4.79 Å². The molecule has 0 saturated heterocycles. The molecule has 9 heteroatoms. The lowest BCUT2D eigenvalue weighted by Gasteiger charge is -2.12. The fourth-order valence-electron chi connectivity index (χ4n) is 1.78. The van der Waals surface area contributed by atoms with Gasteiger partial charge in [-0.2, -0.15) is 8.78 Å². The molecule has 0 radical (unpaired) electrons. The van der Waals surface area contributed by atoms with E-state index in [1.165, 1.54) is 25.3 Å². The third kappa shape index (κ3) is 5.61. The Morgan fingerprint density at radius 2 is 2.04 bits per heavy atom. The third-order valence-electron chi connectivity index (χ3n) is 3.00. The normalized spacial score (nSPS) is 13.4. The number of hydrogen-bond donors (Lipinski definition) is 3. The van der Waals surface area contributed by atoms with Gasteiger partial charge in [-0.15, -0.1) is 0 Å². The average Bonchev–Trinajstić information content (AvgIpc) is 3.28. The number of halogens is 2. The molecule has 1 aliphatic rings. The first-order valence-electron chi connectivity index (χ1n) is 6.95. The minimum atomic E-state index is -2.99. The van der Waals surface area contributed by atoms with Crippen LogP contribution in [0.3, 0.4) is 0 Å². The van der Waals surface area contributed by atoms with Crippen molar-refractivity contribution in [3.8, 4) is 11.5 Å². The lowest BCUT2D eigenvalue weighted by atomic mass is 10.2. The second-order valence-corrected chi connectivity index (χ2v) is 4.89. The smallest absolute Gasteiger partial charge is 0.387 e. The largest absolute Gasteiger partial charge is 0.493 e. The van der Waals surface area contributed by atoms with Crippen molar-refractivity contribution in [1.82, 2.24) is 10.6 Å². The number of benzene rings is 1. The number of alkyl halides is 2. The van der Waals surface area contributed by atoms with Gasteiger partial charge in [0.2, 0.25) is 5.91 Å².